The molecule has 0 aromatic heterocycles. The molecule has 1 atom stereocenters. The van der Waals surface area contributed by atoms with Gasteiger partial charge in [0.2, 0.25) is 13.8 Å². The molecule has 3 aromatic carbocycles. The molecule has 138 valence electrons. The Bertz CT molecular complexity index is 906. The highest BCUT2D eigenvalue weighted by Crippen LogP contribution is 2.41. The first-order chi connectivity index (χ1) is 13.0. The molecule has 0 aliphatic heterocycles. The fraction of sp³-hybridized carbons (Fsp3) is 0.100. The lowest BCUT2D eigenvalue weighted by atomic mass is 10.1. The molecule has 0 amide bonds. The zero-order valence-corrected chi connectivity index (χ0v) is 16.0. The van der Waals surface area contributed by atoms with Gasteiger partial charge in [-0.3, -0.25) is 14.7 Å². The smallest absolute Gasteiger partial charge is 0.223 e. The van der Waals surface area contributed by atoms with E-state index in [0.717, 1.165) is 0 Å². The molecule has 0 spiro atoms. The highest BCUT2D eigenvalue weighted by atomic mass is 35.5. The second-order valence-corrected chi connectivity index (χ2v) is 8.97. The molecule has 7 heteroatoms. The fourth-order valence-electron chi connectivity index (χ4n) is 2.86. The Balaban J connectivity index is 2.07. The summed E-state index contributed by atoms with van der Waals surface area (Å²) >= 11 is 5.94. The highest BCUT2D eigenvalue weighted by molar-refractivity contribution is 7.76. The number of nitrogens with zero attached hydrogens (tertiary/aromatic N) is 1. The second kappa shape index (κ2) is 8.49. The Morgan fingerprint density at radius 1 is 0.889 bits per heavy atom. The van der Waals surface area contributed by atoms with E-state index in [4.69, 9.17) is 11.6 Å². The highest BCUT2D eigenvalue weighted by Gasteiger charge is 2.32. The summed E-state index contributed by atoms with van der Waals surface area (Å²) in [5.41, 5.74) is 0.656. The zero-order chi connectivity index (χ0) is 19.3. The average Bonchev–Trinajstić information content (AvgIpc) is 2.69. The summed E-state index contributed by atoms with van der Waals surface area (Å²) in [6, 6.07) is 24.0. The number of hydrogen-bond acceptors (Lipinski definition) is 3. The SMILES string of the molecule is O=[N+]([O-])C[C@H](NP(=O)(c1ccccc1)c1ccccc1)c1ccc(Cl)cc1. The van der Waals surface area contributed by atoms with Crippen LogP contribution in [0, 0.1) is 10.1 Å². The van der Waals surface area contributed by atoms with Gasteiger partial charge in [0.25, 0.3) is 0 Å². The van der Waals surface area contributed by atoms with E-state index < -0.39 is 24.8 Å². The molecule has 27 heavy (non-hydrogen) atoms. The average molecular weight is 401 g/mol. The van der Waals surface area contributed by atoms with E-state index in [1.165, 1.54) is 0 Å². The van der Waals surface area contributed by atoms with Crippen molar-refractivity contribution in [3.05, 3.63) is 106 Å². The summed E-state index contributed by atoms with van der Waals surface area (Å²) in [6.07, 6.45) is 0. The van der Waals surface area contributed by atoms with E-state index in [1.807, 2.05) is 12.1 Å². The van der Waals surface area contributed by atoms with E-state index in [2.05, 4.69) is 5.09 Å². The largest absolute Gasteiger partial charge is 0.296 e. The van der Waals surface area contributed by atoms with Crippen molar-refractivity contribution in [2.24, 2.45) is 0 Å². The van der Waals surface area contributed by atoms with E-state index in [1.54, 1.807) is 72.8 Å². The fourth-order valence-corrected chi connectivity index (χ4v) is 5.43. The Morgan fingerprint density at radius 2 is 1.37 bits per heavy atom. The molecule has 1 N–H and O–H groups in total. The summed E-state index contributed by atoms with van der Waals surface area (Å²) in [5.74, 6) is 0. The summed E-state index contributed by atoms with van der Waals surface area (Å²) in [6.45, 7) is -0.398. The second-order valence-electron chi connectivity index (χ2n) is 6.03. The van der Waals surface area contributed by atoms with Crippen molar-refractivity contribution in [1.82, 2.24) is 5.09 Å². The van der Waals surface area contributed by atoms with Gasteiger partial charge >= 0.3 is 0 Å². The van der Waals surface area contributed by atoms with Crippen LogP contribution in [0.15, 0.2) is 84.9 Å². The lowest BCUT2D eigenvalue weighted by Crippen LogP contribution is -2.33. The van der Waals surface area contributed by atoms with E-state index >= 15 is 0 Å². The normalized spacial score (nSPS) is 12.5. The molecule has 0 saturated heterocycles. The Morgan fingerprint density at radius 3 is 1.81 bits per heavy atom. The van der Waals surface area contributed by atoms with Gasteiger partial charge in [0.05, 0.1) is 0 Å². The van der Waals surface area contributed by atoms with Crippen molar-refractivity contribution < 1.29 is 9.49 Å². The standard InChI is InChI=1S/C20H18ClN2O3P/c21-17-13-11-16(12-14-17)20(15-23(24)25)22-27(26,18-7-3-1-4-8-18)19-9-5-2-6-10-19/h1-14,20H,15H2,(H,22,26)/t20-/m0/s1. The predicted octanol–water partition coefficient (Wildman–Crippen LogP) is 4.18. The molecule has 0 bridgehead atoms. The molecule has 0 heterocycles. The number of rotatable bonds is 7. The van der Waals surface area contributed by atoms with Gasteiger partial charge in [-0.1, -0.05) is 60.1 Å². The lowest BCUT2D eigenvalue weighted by molar-refractivity contribution is -0.483. The van der Waals surface area contributed by atoms with Crippen LogP contribution < -0.4 is 15.7 Å². The van der Waals surface area contributed by atoms with Crippen molar-refractivity contribution in [3.8, 4) is 0 Å². The van der Waals surface area contributed by atoms with Gasteiger partial charge in [-0.25, -0.2) is 5.09 Å². The van der Waals surface area contributed by atoms with Gasteiger partial charge in [0, 0.05) is 20.6 Å². The maximum atomic E-state index is 14.1. The van der Waals surface area contributed by atoms with Crippen molar-refractivity contribution in [2.45, 2.75) is 6.04 Å². The Labute approximate surface area is 162 Å². The van der Waals surface area contributed by atoms with Crippen LogP contribution in [0.25, 0.3) is 0 Å². The Hall–Kier alpha value is -2.46. The molecule has 0 aliphatic rings. The summed E-state index contributed by atoms with van der Waals surface area (Å²) < 4.78 is 14.1. The van der Waals surface area contributed by atoms with Crippen LogP contribution in [0.2, 0.25) is 5.02 Å². The minimum Gasteiger partial charge on any atom is -0.296 e. The van der Waals surface area contributed by atoms with Crippen LogP contribution in [0.1, 0.15) is 11.6 Å². The van der Waals surface area contributed by atoms with E-state index in [9.17, 15) is 14.7 Å². The van der Waals surface area contributed by atoms with Gasteiger partial charge < -0.3 is 0 Å². The summed E-state index contributed by atoms with van der Waals surface area (Å²) in [4.78, 5) is 10.8. The first kappa shape index (κ1) is 19.3. The zero-order valence-electron chi connectivity index (χ0n) is 14.4. The topological polar surface area (TPSA) is 72.2 Å². The first-order valence-electron chi connectivity index (χ1n) is 8.35. The minimum absolute atomic E-state index is 0.398. The number of benzene rings is 3. The maximum absolute atomic E-state index is 14.1. The van der Waals surface area contributed by atoms with Gasteiger partial charge in [0.15, 0.2) is 0 Å². The van der Waals surface area contributed by atoms with Gasteiger partial charge in [0.1, 0.15) is 6.04 Å². The molecular formula is C20H18ClN2O3P. The molecule has 0 unspecified atom stereocenters. The van der Waals surface area contributed by atoms with Gasteiger partial charge in [-0.05, 0) is 42.0 Å². The van der Waals surface area contributed by atoms with Crippen LogP contribution >= 0.6 is 18.9 Å². The number of hydrogen-bond donors (Lipinski definition) is 1. The Kier molecular flexibility index (Phi) is 6.07. The molecule has 3 aromatic rings. The quantitative estimate of drug-likeness (QED) is 0.367. The number of nitro groups is 1. The van der Waals surface area contributed by atoms with Crippen LogP contribution in [0.4, 0.5) is 0 Å². The maximum Gasteiger partial charge on any atom is 0.223 e. The number of halogens is 1. The van der Waals surface area contributed by atoms with Gasteiger partial charge in [-0.2, -0.15) is 0 Å². The van der Waals surface area contributed by atoms with Crippen LogP contribution in [-0.4, -0.2) is 11.5 Å². The number of nitrogens with one attached hydrogen (secondary N) is 1. The lowest BCUT2D eigenvalue weighted by Gasteiger charge is -2.25. The van der Waals surface area contributed by atoms with Crippen molar-refractivity contribution in [3.63, 3.8) is 0 Å². The monoisotopic (exact) mass is 400 g/mol. The van der Waals surface area contributed by atoms with Crippen molar-refractivity contribution in [2.75, 3.05) is 6.54 Å². The van der Waals surface area contributed by atoms with Crippen molar-refractivity contribution >= 4 is 29.5 Å². The van der Waals surface area contributed by atoms with Crippen LogP contribution in [0.5, 0.6) is 0 Å². The minimum atomic E-state index is -3.30. The van der Waals surface area contributed by atoms with Gasteiger partial charge in [-0.15, -0.1) is 0 Å². The predicted molar refractivity (Wildman–Crippen MR) is 109 cm³/mol. The molecule has 0 fully saturated rings. The molecule has 3 rings (SSSR count). The van der Waals surface area contributed by atoms with E-state index in [0.29, 0.717) is 21.2 Å². The van der Waals surface area contributed by atoms with Crippen LogP contribution in [0.3, 0.4) is 0 Å². The molecule has 5 nitrogen and oxygen atoms in total. The summed E-state index contributed by atoms with van der Waals surface area (Å²) in [7, 11) is -3.30. The molecule has 0 radical (unpaired) electrons. The molecule has 0 saturated carbocycles. The third kappa shape index (κ3) is 4.64. The third-order valence-electron chi connectivity index (χ3n) is 4.18. The van der Waals surface area contributed by atoms with E-state index in [-0.39, 0.29) is 0 Å². The van der Waals surface area contributed by atoms with Crippen LogP contribution in [-0.2, 0) is 4.57 Å². The van der Waals surface area contributed by atoms with Crippen molar-refractivity contribution in [1.29, 1.82) is 0 Å². The molecular weight excluding hydrogens is 383 g/mol. The molecule has 0 aliphatic carbocycles. The first-order valence-corrected chi connectivity index (χ1v) is 10.4. The summed E-state index contributed by atoms with van der Waals surface area (Å²) in [5, 5.41) is 16.1. The third-order valence-corrected chi connectivity index (χ3v) is 7.16.